The van der Waals surface area contributed by atoms with Gasteiger partial charge in [0.1, 0.15) is 0 Å². The molecule has 1 amide bonds. The molecular formula is C19H26N6O2. The molecule has 1 N–H and O–H groups in total. The van der Waals surface area contributed by atoms with E-state index in [2.05, 4.69) is 38.4 Å². The van der Waals surface area contributed by atoms with E-state index in [4.69, 9.17) is 4.74 Å². The van der Waals surface area contributed by atoms with Crippen molar-refractivity contribution in [1.29, 1.82) is 0 Å². The molecule has 2 aromatic rings. The second-order valence-corrected chi connectivity index (χ2v) is 7.28. The summed E-state index contributed by atoms with van der Waals surface area (Å²) in [6, 6.07) is 0. The van der Waals surface area contributed by atoms with E-state index in [0.29, 0.717) is 12.4 Å². The third-order valence-corrected chi connectivity index (χ3v) is 5.52. The number of piperidine rings is 1. The average molecular weight is 370 g/mol. The van der Waals surface area contributed by atoms with Crippen LogP contribution in [0.2, 0.25) is 0 Å². The van der Waals surface area contributed by atoms with Gasteiger partial charge in [-0.2, -0.15) is 5.10 Å². The number of likely N-dealkylation sites (tertiary alicyclic amines) is 1. The zero-order valence-corrected chi connectivity index (χ0v) is 15.6. The molecule has 2 aliphatic rings. The van der Waals surface area contributed by atoms with Gasteiger partial charge in [0.25, 0.3) is 0 Å². The van der Waals surface area contributed by atoms with Crippen molar-refractivity contribution in [2.45, 2.75) is 39.0 Å². The Labute approximate surface area is 158 Å². The number of hydrogen-bond acceptors (Lipinski definition) is 6. The molecule has 0 unspecified atom stereocenters. The van der Waals surface area contributed by atoms with Gasteiger partial charge in [-0.15, -0.1) is 0 Å². The maximum absolute atomic E-state index is 12.9. The normalized spacial score (nSPS) is 25.7. The second-order valence-electron chi connectivity index (χ2n) is 7.28. The molecule has 0 aliphatic carbocycles. The van der Waals surface area contributed by atoms with Crippen molar-refractivity contribution in [2.75, 3.05) is 25.0 Å². The fourth-order valence-corrected chi connectivity index (χ4v) is 4.16. The Morgan fingerprint density at radius 3 is 3.04 bits per heavy atom. The van der Waals surface area contributed by atoms with Gasteiger partial charge in [0, 0.05) is 68.8 Å². The SMILES string of the molecule is CCn1cc(CN2CC[C@H]3OCC[C@@H](C(=O)Nc4cnccn4)[C@H]3C2)cn1. The van der Waals surface area contributed by atoms with E-state index in [0.717, 1.165) is 39.0 Å². The first-order valence-corrected chi connectivity index (χ1v) is 9.65. The minimum absolute atomic E-state index is 0.0226. The van der Waals surface area contributed by atoms with Crippen molar-refractivity contribution in [3.05, 3.63) is 36.5 Å². The first-order chi connectivity index (χ1) is 13.2. The van der Waals surface area contributed by atoms with E-state index in [1.807, 2.05) is 10.9 Å². The molecule has 0 aromatic carbocycles. The van der Waals surface area contributed by atoms with Gasteiger partial charge < -0.3 is 10.1 Å². The van der Waals surface area contributed by atoms with Gasteiger partial charge in [0.2, 0.25) is 5.91 Å². The fraction of sp³-hybridized carbons (Fsp3) is 0.579. The average Bonchev–Trinajstić information content (AvgIpc) is 3.16. The standard InChI is InChI=1S/C19H26N6O2/c1-2-25-12-14(9-22-25)11-24-7-3-17-16(13-24)15(4-8-27-17)19(26)23-18-10-20-5-6-21-18/h5-6,9-10,12,15-17H,2-4,7-8,11,13H2,1H3,(H,21,23,26)/t15-,16-,17-/m1/s1. The van der Waals surface area contributed by atoms with Crippen LogP contribution in [-0.2, 0) is 22.6 Å². The predicted molar refractivity (Wildman–Crippen MR) is 99.8 cm³/mol. The lowest BCUT2D eigenvalue weighted by Gasteiger charge is -2.44. The van der Waals surface area contributed by atoms with E-state index in [1.165, 1.54) is 5.56 Å². The number of anilines is 1. The minimum atomic E-state index is -0.0630. The van der Waals surface area contributed by atoms with Crippen molar-refractivity contribution in [3.8, 4) is 0 Å². The Hall–Kier alpha value is -2.32. The molecule has 4 rings (SSSR count). The summed E-state index contributed by atoms with van der Waals surface area (Å²) in [5, 5.41) is 7.28. The van der Waals surface area contributed by atoms with Crippen LogP contribution >= 0.6 is 0 Å². The minimum Gasteiger partial charge on any atom is -0.378 e. The lowest BCUT2D eigenvalue weighted by atomic mass is 9.79. The van der Waals surface area contributed by atoms with E-state index >= 15 is 0 Å². The number of aryl methyl sites for hydroxylation is 1. The largest absolute Gasteiger partial charge is 0.378 e. The highest BCUT2D eigenvalue weighted by molar-refractivity contribution is 5.91. The van der Waals surface area contributed by atoms with Crippen molar-refractivity contribution >= 4 is 11.7 Å². The van der Waals surface area contributed by atoms with E-state index in [1.54, 1.807) is 18.6 Å². The predicted octanol–water partition coefficient (Wildman–Crippen LogP) is 1.56. The van der Waals surface area contributed by atoms with Gasteiger partial charge in [0.15, 0.2) is 5.82 Å². The third-order valence-electron chi connectivity index (χ3n) is 5.52. The molecule has 2 saturated heterocycles. The number of carbonyl (C=O) groups excluding carboxylic acids is 1. The van der Waals surface area contributed by atoms with E-state index < -0.39 is 0 Å². The number of rotatable bonds is 5. The van der Waals surface area contributed by atoms with Crippen LogP contribution in [0, 0.1) is 11.8 Å². The zero-order chi connectivity index (χ0) is 18.6. The van der Waals surface area contributed by atoms with Gasteiger partial charge in [-0.05, 0) is 19.8 Å². The molecule has 0 radical (unpaired) electrons. The summed E-state index contributed by atoms with van der Waals surface area (Å²) in [4.78, 5) is 23.4. The molecular weight excluding hydrogens is 344 g/mol. The Morgan fingerprint density at radius 2 is 2.26 bits per heavy atom. The highest BCUT2D eigenvalue weighted by atomic mass is 16.5. The molecule has 3 atom stereocenters. The Bertz CT molecular complexity index is 765. The molecule has 144 valence electrons. The van der Waals surface area contributed by atoms with Gasteiger partial charge >= 0.3 is 0 Å². The van der Waals surface area contributed by atoms with Gasteiger partial charge in [-0.3, -0.25) is 19.4 Å². The van der Waals surface area contributed by atoms with Crippen molar-refractivity contribution in [1.82, 2.24) is 24.6 Å². The van der Waals surface area contributed by atoms with Crippen molar-refractivity contribution in [2.24, 2.45) is 11.8 Å². The van der Waals surface area contributed by atoms with Gasteiger partial charge in [0.05, 0.1) is 18.5 Å². The maximum Gasteiger partial charge on any atom is 0.229 e. The van der Waals surface area contributed by atoms with Crippen LogP contribution in [0.1, 0.15) is 25.3 Å². The second kappa shape index (κ2) is 8.14. The number of ether oxygens (including phenoxy) is 1. The summed E-state index contributed by atoms with van der Waals surface area (Å²) >= 11 is 0. The van der Waals surface area contributed by atoms with Crippen LogP contribution in [0.25, 0.3) is 0 Å². The van der Waals surface area contributed by atoms with Crippen LogP contribution in [0.5, 0.6) is 0 Å². The van der Waals surface area contributed by atoms with Crippen LogP contribution in [0.3, 0.4) is 0 Å². The number of hydrogen-bond donors (Lipinski definition) is 1. The first-order valence-electron chi connectivity index (χ1n) is 9.65. The highest BCUT2D eigenvalue weighted by Gasteiger charge is 2.41. The topological polar surface area (TPSA) is 85.2 Å². The van der Waals surface area contributed by atoms with Crippen LogP contribution < -0.4 is 5.32 Å². The summed E-state index contributed by atoms with van der Waals surface area (Å²) < 4.78 is 7.93. The Morgan fingerprint density at radius 1 is 1.33 bits per heavy atom. The summed E-state index contributed by atoms with van der Waals surface area (Å²) in [6.45, 7) is 6.31. The first kappa shape index (κ1) is 18.1. The number of nitrogens with one attached hydrogen (secondary N) is 1. The summed E-state index contributed by atoms with van der Waals surface area (Å²) in [7, 11) is 0. The van der Waals surface area contributed by atoms with Crippen molar-refractivity contribution in [3.63, 3.8) is 0 Å². The number of nitrogens with zero attached hydrogens (tertiary/aromatic N) is 5. The fourth-order valence-electron chi connectivity index (χ4n) is 4.16. The lowest BCUT2D eigenvalue weighted by Crippen LogP contribution is -2.52. The monoisotopic (exact) mass is 370 g/mol. The summed E-state index contributed by atoms with van der Waals surface area (Å²) in [5.74, 6) is 0.664. The Balaban J connectivity index is 1.42. The maximum atomic E-state index is 12.9. The Kier molecular flexibility index (Phi) is 5.45. The van der Waals surface area contributed by atoms with Crippen LogP contribution in [0.15, 0.2) is 31.0 Å². The third kappa shape index (κ3) is 4.17. The lowest BCUT2D eigenvalue weighted by molar-refractivity contribution is -0.137. The van der Waals surface area contributed by atoms with Gasteiger partial charge in [-0.25, -0.2) is 4.98 Å². The zero-order valence-electron chi connectivity index (χ0n) is 15.6. The molecule has 8 heteroatoms. The van der Waals surface area contributed by atoms with Crippen LogP contribution in [-0.4, -0.2) is 56.4 Å². The van der Waals surface area contributed by atoms with E-state index in [-0.39, 0.29) is 23.8 Å². The van der Waals surface area contributed by atoms with Crippen LogP contribution in [0.4, 0.5) is 5.82 Å². The molecule has 4 heterocycles. The quantitative estimate of drug-likeness (QED) is 0.860. The number of fused-ring (bicyclic) bond motifs is 1. The van der Waals surface area contributed by atoms with E-state index in [9.17, 15) is 4.79 Å². The van der Waals surface area contributed by atoms with Crippen molar-refractivity contribution < 1.29 is 9.53 Å². The molecule has 0 bridgehead atoms. The summed E-state index contributed by atoms with van der Waals surface area (Å²) in [5.41, 5.74) is 1.22. The summed E-state index contributed by atoms with van der Waals surface area (Å²) in [6.07, 6.45) is 10.7. The number of carbonyl (C=O) groups is 1. The smallest absolute Gasteiger partial charge is 0.229 e. The molecule has 2 fully saturated rings. The number of amides is 1. The molecule has 27 heavy (non-hydrogen) atoms. The van der Waals surface area contributed by atoms with Gasteiger partial charge in [-0.1, -0.05) is 0 Å². The molecule has 2 aliphatic heterocycles. The number of aromatic nitrogens is 4. The molecule has 2 aromatic heterocycles. The molecule has 0 saturated carbocycles. The highest BCUT2D eigenvalue weighted by Crippen LogP contribution is 2.34. The molecule has 8 nitrogen and oxygen atoms in total. The molecule has 0 spiro atoms.